The van der Waals surface area contributed by atoms with E-state index in [4.69, 9.17) is 9.26 Å². The average Bonchev–Trinajstić information content (AvgIpc) is 2.75. The van der Waals surface area contributed by atoms with Gasteiger partial charge in [-0.3, -0.25) is 4.79 Å². The number of nitrogens with zero attached hydrogens (tertiary/aromatic N) is 2. The smallest absolute Gasteiger partial charge is 0.373 e. The quantitative estimate of drug-likeness (QED) is 0.829. The molecule has 2 unspecified atom stereocenters. The molecule has 0 amide bonds. The zero-order chi connectivity index (χ0) is 14.8. The van der Waals surface area contributed by atoms with Gasteiger partial charge in [0.05, 0.1) is 0 Å². The number of hydrogen-bond acceptors (Lipinski definition) is 5. The third-order valence-corrected chi connectivity index (χ3v) is 2.61. The van der Waals surface area contributed by atoms with Crippen LogP contribution < -0.4 is 0 Å². The van der Waals surface area contributed by atoms with Crippen LogP contribution >= 0.6 is 0 Å². The summed E-state index contributed by atoms with van der Waals surface area (Å²) in [5.41, 5.74) is 0. The van der Waals surface area contributed by atoms with Crippen molar-refractivity contribution in [1.82, 2.24) is 10.1 Å². The van der Waals surface area contributed by atoms with Crippen LogP contribution in [0, 0.1) is 5.92 Å². The average molecular weight is 280 g/mol. The van der Waals surface area contributed by atoms with Crippen molar-refractivity contribution in [3.63, 3.8) is 0 Å². The third kappa shape index (κ3) is 3.52. The van der Waals surface area contributed by atoms with Crippen molar-refractivity contribution < 1.29 is 27.2 Å². The molecule has 1 rings (SSSR count). The SMILES string of the molecule is COC(c1noc(C(C)C(=O)C(F)(F)F)n1)C(C)C. The fourth-order valence-corrected chi connectivity index (χ4v) is 1.57. The molecule has 0 saturated heterocycles. The van der Waals surface area contributed by atoms with Crippen LogP contribution in [0.25, 0.3) is 0 Å². The van der Waals surface area contributed by atoms with Crippen molar-refractivity contribution in [3.8, 4) is 0 Å². The number of carbonyl (C=O) groups excluding carboxylic acids is 1. The largest absolute Gasteiger partial charge is 0.450 e. The van der Waals surface area contributed by atoms with Gasteiger partial charge in [0.15, 0.2) is 0 Å². The summed E-state index contributed by atoms with van der Waals surface area (Å²) in [5, 5.41) is 3.56. The molecule has 0 aliphatic rings. The number of carbonyl (C=O) groups is 1. The number of methoxy groups -OCH3 is 1. The Morgan fingerprint density at radius 1 is 1.32 bits per heavy atom. The summed E-state index contributed by atoms with van der Waals surface area (Å²) in [6, 6.07) is 0. The minimum Gasteiger partial charge on any atom is -0.373 e. The Kier molecular flexibility index (Phi) is 4.67. The molecular weight excluding hydrogens is 265 g/mol. The Hall–Kier alpha value is -1.44. The Bertz CT molecular complexity index is 443. The summed E-state index contributed by atoms with van der Waals surface area (Å²) in [6.45, 7) is 4.76. The normalized spacial score (nSPS) is 15.6. The standard InChI is InChI=1S/C11H15F3N2O3/c1-5(2)7(18-4)9-15-10(19-16-9)6(3)8(17)11(12,13)14/h5-7H,1-4H3. The fraction of sp³-hybridized carbons (Fsp3) is 0.727. The highest BCUT2D eigenvalue weighted by Crippen LogP contribution is 2.28. The van der Waals surface area contributed by atoms with Crippen LogP contribution in [0.3, 0.4) is 0 Å². The molecule has 5 nitrogen and oxygen atoms in total. The number of aromatic nitrogens is 2. The Morgan fingerprint density at radius 2 is 1.89 bits per heavy atom. The maximum Gasteiger partial charge on any atom is 0.450 e. The second-order valence-corrected chi connectivity index (χ2v) is 4.47. The molecule has 0 aliphatic carbocycles. The molecule has 0 bridgehead atoms. The zero-order valence-electron chi connectivity index (χ0n) is 11.0. The van der Waals surface area contributed by atoms with Gasteiger partial charge in [-0.2, -0.15) is 18.2 Å². The van der Waals surface area contributed by atoms with Crippen molar-refractivity contribution in [3.05, 3.63) is 11.7 Å². The lowest BCUT2D eigenvalue weighted by atomic mass is 10.1. The highest BCUT2D eigenvalue weighted by atomic mass is 19.4. The molecule has 0 aliphatic heterocycles. The lowest BCUT2D eigenvalue weighted by Gasteiger charge is -2.14. The van der Waals surface area contributed by atoms with Gasteiger partial charge in [-0.15, -0.1) is 0 Å². The van der Waals surface area contributed by atoms with Gasteiger partial charge in [0.25, 0.3) is 0 Å². The molecule has 108 valence electrons. The third-order valence-electron chi connectivity index (χ3n) is 2.61. The van der Waals surface area contributed by atoms with Crippen molar-refractivity contribution in [2.45, 2.75) is 39.0 Å². The number of halogens is 3. The minimum atomic E-state index is -4.92. The Labute approximate surface area is 108 Å². The van der Waals surface area contributed by atoms with Gasteiger partial charge in [-0.1, -0.05) is 19.0 Å². The van der Waals surface area contributed by atoms with E-state index in [9.17, 15) is 18.0 Å². The summed E-state index contributed by atoms with van der Waals surface area (Å²) >= 11 is 0. The zero-order valence-corrected chi connectivity index (χ0v) is 11.0. The van der Waals surface area contributed by atoms with Crippen molar-refractivity contribution in [2.24, 2.45) is 5.92 Å². The second-order valence-electron chi connectivity index (χ2n) is 4.47. The lowest BCUT2D eigenvalue weighted by molar-refractivity contribution is -0.172. The van der Waals surface area contributed by atoms with Crippen molar-refractivity contribution >= 4 is 5.78 Å². The predicted octanol–water partition coefficient (Wildman–Crippen LogP) is 2.65. The highest BCUT2D eigenvalue weighted by molar-refractivity contribution is 5.89. The number of rotatable bonds is 5. The maximum atomic E-state index is 12.3. The molecular formula is C11H15F3N2O3. The first-order valence-electron chi connectivity index (χ1n) is 5.65. The van der Waals surface area contributed by atoms with E-state index in [-0.39, 0.29) is 17.6 Å². The molecule has 0 saturated carbocycles. The van der Waals surface area contributed by atoms with E-state index >= 15 is 0 Å². The van der Waals surface area contributed by atoms with E-state index in [0.29, 0.717) is 0 Å². The second kappa shape index (κ2) is 5.68. The highest BCUT2D eigenvalue weighted by Gasteiger charge is 2.44. The van der Waals surface area contributed by atoms with Gasteiger partial charge < -0.3 is 9.26 Å². The molecule has 1 aromatic heterocycles. The van der Waals surface area contributed by atoms with Gasteiger partial charge in [-0.05, 0) is 12.8 Å². The maximum absolute atomic E-state index is 12.3. The Balaban J connectivity index is 2.94. The van der Waals surface area contributed by atoms with Gasteiger partial charge >= 0.3 is 6.18 Å². The van der Waals surface area contributed by atoms with Crippen molar-refractivity contribution in [1.29, 1.82) is 0 Å². The number of alkyl halides is 3. The number of Topliss-reactive ketones (excluding diaryl/α,β-unsaturated/α-hetero) is 1. The molecule has 19 heavy (non-hydrogen) atoms. The van der Waals surface area contributed by atoms with Crippen LogP contribution in [0.4, 0.5) is 13.2 Å². The van der Waals surface area contributed by atoms with Gasteiger partial charge in [0.2, 0.25) is 17.5 Å². The van der Waals surface area contributed by atoms with Crippen molar-refractivity contribution in [2.75, 3.05) is 7.11 Å². The van der Waals surface area contributed by atoms with E-state index in [0.717, 1.165) is 6.92 Å². The molecule has 0 aromatic carbocycles. The van der Waals surface area contributed by atoms with Crippen LogP contribution in [0.1, 0.15) is 44.5 Å². The van der Waals surface area contributed by atoms with E-state index in [1.807, 2.05) is 13.8 Å². The molecule has 0 N–H and O–H groups in total. The van der Waals surface area contributed by atoms with E-state index < -0.39 is 24.0 Å². The van der Waals surface area contributed by atoms with Gasteiger partial charge in [0.1, 0.15) is 12.0 Å². The lowest BCUT2D eigenvalue weighted by Crippen LogP contribution is -2.27. The summed E-state index contributed by atoms with van der Waals surface area (Å²) < 4.78 is 46.7. The minimum absolute atomic E-state index is 0.0177. The first-order valence-corrected chi connectivity index (χ1v) is 5.65. The first kappa shape index (κ1) is 15.6. The number of ketones is 1. The van der Waals surface area contributed by atoms with Crippen LogP contribution in [-0.4, -0.2) is 29.2 Å². The van der Waals surface area contributed by atoms with Gasteiger partial charge in [-0.25, -0.2) is 0 Å². The van der Waals surface area contributed by atoms with Crippen LogP contribution in [0.2, 0.25) is 0 Å². The fourth-order valence-electron chi connectivity index (χ4n) is 1.57. The molecule has 1 aromatic rings. The monoisotopic (exact) mass is 280 g/mol. The molecule has 0 spiro atoms. The van der Waals surface area contributed by atoms with Crippen LogP contribution in [-0.2, 0) is 9.53 Å². The summed E-state index contributed by atoms with van der Waals surface area (Å²) in [6.07, 6.45) is -5.42. The molecule has 0 fully saturated rings. The summed E-state index contributed by atoms with van der Waals surface area (Å²) in [4.78, 5) is 14.9. The predicted molar refractivity (Wildman–Crippen MR) is 58.4 cm³/mol. The molecule has 2 atom stereocenters. The van der Waals surface area contributed by atoms with Crippen LogP contribution in [0.5, 0.6) is 0 Å². The molecule has 0 radical (unpaired) electrons. The van der Waals surface area contributed by atoms with Gasteiger partial charge in [0, 0.05) is 7.11 Å². The first-order chi connectivity index (χ1) is 8.68. The van der Waals surface area contributed by atoms with Crippen LogP contribution in [0.15, 0.2) is 4.52 Å². The molecule has 8 heteroatoms. The summed E-state index contributed by atoms with van der Waals surface area (Å²) in [7, 11) is 1.44. The van der Waals surface area contributed by atoms with E-state index in [1.54, 1.807) is 0 Å². The van der Waals surface area contributed by atoms with E-state index in [2.05, 4.69) is 10.1 Å². The molecule has 1 heterocycles. The number of hydrogen-bond donors (Lipinski definition) is 0. The van der Waals surface area contributed by atoms with E-state index in [1.165, 1.54) is 7.11 Å². The topological polar surface area (TPSA) is 65.2 Å². The summed E-state index contributed by atoms with van der Waals surface area (Å²) in [5.74, 6) is -3.65. The Morgan fingerprint density at radius 3 is 2.32 bits per heavy atom. The number of ether oxygens (including phenoxy) is 1.